The van der Waals surface area contributed by atoms with E-state index in [2.05, 4.69) is 20.6 Å². The summed E-state index contributed by atoms with van der Waals surface area (Å²) in [4.78, 5) is 37.1. The number of thiazole rings is 1. The normalized spacial score (nSPS) is 13.2. The van der Waals surface area contributed by atoms with Gasteiger partial charge in [0.1, 0.15) is 16.9 Å². The zero-order valence-electron chi connectivity index (χ0n) is 20.7. The maximum atomic E-state index is 13.4. The highest BCUT2D eigenvalue weighted by Gasteiger charge is 2.33. The van der Waals surface area contributed by atoms with Crippen molar-refractivity contribution >= 4 is 40.6 Å². The van der Waals surface area contributed by atoms with Crippen LogP contribution >= 0.6 is 23.1 Å². The molecule has 2 aromatic heterocycles. The van der Waals surface area contributed by atoms with Gasteiger partial charge in [-0.3, -0.25) is 9.59 Å². The first kappa shape index (κ1) is 26.8. The smallest absolute Gasteiger partial charge is 0.249 e. The number of carbonyl (C=O) groups is 2. The Morgan fingerprint density at radius 1 is 1.14 bits per heavy atom. The molecule has 0 bridgehead atoms. The fraction of sp³-hybridized carbons (Fsp3) is 0.385. The standard InChI is InChI=1S/C26H32N4O3S2/c1-6-11-18(29-23(33)21(32)26(2,3)4)19(31)25-30-22(27-5)20(35-25)17-14-10-15-28-24(17)34-16-12-8-7-9-13-16/h7-10,12-15,18,21,27,32H,6,11H2,1-5H3,(H,29,33)/t18-,21+/m0/s1. The van der Waals surface area contributed by atoms with E-state index in [-0.39, 0.29) is 5.78 Å². The van der Waals surface area contributed by atoms with Crippen LogP contribution in [0.15, 0.2) is 58.6 Å². The first-order chi connectivity index (χ1) is 16.7. The van der Waals surface area contributed by atoms with Crippen LogP contribution < -0.4 is 10.6 Å². The van der Waals surface area contributed by atoms with Gasteiger partial charge in [-0.05, 0) is 36.1 Å². The predicted molar refractivity (Wildman–Crippen MR) is 142 cm³/mol. The van der Waals surface area contributed by atoms with Gasteiger partial charge in [-0.2, -0.15) is 0 Å². The summed E-state index contributed by atoms with van der Waals surface area (Å²) < 4.78 is 0. The molecule has 0 fully saturated rings. The molecule has 186 valence electrons. The van der Waals surface area contributed by atoms with Gasteiger partial charge in [-0.25, -0.2) is 9.97 Å². The van der Waals surface area contributed by atoms with Crippen molar-refractivity contribution in [1.29, 1.82) is 0 Å². The van der Waals surface area contributed by atoms with E-state index in [4.69, 9.17) is 0 Å². The molecule has 0 spiro atoms. The molecule has 35 heavy (non-hydrogen) atoms. The molecule has 2 atom stereocenters. The molecular weight excluding hydrogens is 480 g/mol. The molecule has 3 aromatic rings. The molecule has 0 saturated heterocycles. The van der Waals surface area contributed by atoms with Gasteiger partial charge in [0.25, 0.3) is 0 Å². The minimum atomic E-state index is -1.22. The van der Waals surface area contributed by atoms with Gasteiger partial charge in [0.15, 0.2) is 5.01 Å². The third kappa shape index (κ3) is 6.68. The lowest BCUT2D eigenvalue weighted by molar-refractivity contribution is -0.135. The summed E-state index contributed by atoms with van der Waals surface area (Å²) in [5, 5.41) is 17.3. The lowest BCUT2D eigenvalue weighted by Gasteiger charge is -2.26. The zero-order valence-corrected chi connectivity index (χ0v) is 22.3. The van der Waals surface area contributed by atoms with Gasteiger partial charge >= 0.3 is 0 Å². The summed E-state index contributed by atoms with van der Waals surface area (Å²) in [5.74, 6) is -0.239. The van der Waals surface area contributed by atoms with E-state index < -0.39 is 23.5 Å². The maximum Gasteiger partial charge on any atom is 0.249 e. The molecule has 1 amide bonds. The molecule has 0 unspecified atom stereocenters. The topological polar surface area (TPSA) is 104 Å². The van der Waals surface area contributed by atoms with E-state index in [9.17, 15) is 14.7 Å². The lowest BCUT2D eigenvalue weighted by atomic mass is 9.88. The minimum Gasteiger partial charge on any atom is -0.383 e. The number of Topliss-reactive ketones (excluding diaryl/α,β-unsaturated/α-hetero) is 1. The van der Waals surface area contributed by atoms with E-state index in [1.54, 1.807) is 45.8 Å². The Morgan fingerprint density at radius 3 is 2.49 bits per heavy atom. The summed E-state index contributed by atoms with van der Waals surface area (Å²) in [6.07, 6.45) is 1.67. The molecule has 0 aliphatic rings. The van der Waals surface area contributed by atoms with Crippen LogP contribution in [0.4, 0.5) is 5.82 Å². The molecular formula is C26H32N4O3S2. The highest BCUT2D eigenvalue weighted by molar-refractivity contribution is 7.99. The van der Waals surface area contributed by atoms with Crippen LogP contribution in [0.2, 0.25) is 0 Å². The number of aliphatic hydroxyl groups is 1. The number of benzene rings is 1. The van der Waals surface area contributed by atoms with Gasteiger partial charge in [-0.1, -0.05) is 64.1 Å². The molecule has 0 radical (unpaired) electrons. The average molecular weight is 513 g/mol. The zero-order chi connectivity index (χ0) is 25.6. The van der Waals surface area contributed by atoms with Crippen LogP contribution in [-0.4, -0.2) is 46.0 Å². The summed E-state index contributed by atoms with van der Waals surface area (Å²) >= 11 is 2.82. The number of ketones is 1. The Kier molecular flexibility index (Phi) is 9.04. The third-order valence-corrected chi connectivity index (χ3v) is 7.46. The molecule has 1 aromatic carbocycles. The molecule has 3 rings (SSSR count). The van der Waals surface area contributed by atoms with Crippen molar-refractivity contribution < 1.29 is 14.7 Å². The van der Waals surface area contributed by atoms with Crippen LogP contribution in [-0.2, 0) is 4.79 Å². The Morgan fingerprint density at radius 2 is 1.86 bits per heavy atom. The molecule has 0 saturated carbocycles. The number of aromatic nitrogens is 2. The van der Waals surface area contributed by atoms with Crippen molar-refractivity contribution in [2.24, 2.45) is 5.41 Å². The average Bonchev–Trinajstić information content (AvgIpc) is 3.27. The summed E-state index contributed by atoms with van der Waals surface area (Å²) in [6, 6.07) is 13.0. The molecule has 2 heterocycles. The highest BCUT2D eigenvalue weighted by atomic mass is 32.2. The lowest BCUT2D eigenvalue weighted by Crippen LogP contribution is -2.49. The van der Waals surface area contributed by atoms with E-state index in [0.29, 0.717) is 23.7 Å². The maximum absolute atomic E-state index is 13.4. The molecule has 3 N–H and O–H groups in total. The molecule has 9 heteroatoms. The van der Waals surface area contributed by atoms with Crippen molar-refractivity contribution in [1.82, 2.24) is 15.3 Å². The van der Waals surface area contributed by atoms with E-state index >= 15 is 0 Å². The summed E-state index contributed by atoms with van der Waals surface area (Å²) in [5.41, 5.74) is 0.242. The second-order valence-corrected chi connectivity index (χ2v) is 11.3. The fourth-order valence-corrected chi connectivity index (χ4v) is 5.44. The molecule has 0 aliphatic carbocycles. The Hall–Kier alpha value is -2.75. The van der Waals surface area contributed by atoms with Gasteiger partial charge in [0.05, 0.1) is 10.9 Å². The number of nitrogens with one attached hydrogen (secondary N) is 2. The van der Waals surface area contributed by atoms with Crippen molar-refractivity contribution in [2.75, 3.05) is 12.4 Å². The highest BCUT2D eigenvalue weighted by Crippen LogP contribution is 2.40. The van der Waals surface area contributed by atoms with E-state index in [1.807, 2.05) is 49.4 Å². The number of hydrogen-bond acceptors (Lipinski definition) is 8. The van der Waals surface area contributed by atoms with Crippen LogP contribution in [0.1, 0.15) is 50.3 Å². The van der Waals surface area contributed by atoms with Crippen molar-refractivity contribution in [3.63, 3.8) is 0 Å². The fourth-order valence-electron chi connectivity index (χ4n) is 3.37. The number of rotatable bonds is 10. The second kappa shape index (κ2) is 11.8. The Balaban J connectivity index is 1.92. The largest absolute Gasteiger partial charge is 0.383 e. The van der Waals surface area contributed by atoms with Gasteiger partial charge in [0.2, 0.25) is 11.7 Å². The molecule has 7 nitrogen and oxygen atoms in total. The van der Waals surface area contributed by atoms with Gasteiger partial charge < -0.3 is 15.7 Å². The van der Waals surface area contributed by atoms with E-state index in [1.165, 1.54) is 11.3 Å². The number of pyridine rings is 1. The number of carbonyl (C=O) groups excluding carboxylic acids is 2. The Labute approximate surface area is 214 Å². The van der Waals surface area contributed by atoms with Gasteiger partial charge in [-0.15, -0.1) is 11.3 Å². The van der Waals surface area contributed by atoms with Crippen LogP contribution in [0.5, 0.6) is 0 Å². The van der Waals surface area contributed by atoms with Crippen molar-refractivity contribution in [3.8, 4) is 10.4 Å². The van der Waals surface area contributed by atoms with Crippen molar-refractivity contribution in [3.05, 3.63) is 53.7 Å². The van der Waals surface area contributed by atoms with Crippen molar-refractivity contribution in [2.45, 2.75) is 62.6 Å². The first-order valence-corrected chi connectivity index (χ1v) is 13.2. The Bertz CT molecular complexity index is 1160. The SMILES string of the molecule is CCC[C@H](NC(=O)[C@@H](O)C(C)(C)C)C(=O)c1nc(NC)c(-c2cccnc2Sc2ccccc2)s1. The van der Waals surface area contributed by atoms with Crippen LogP contribution in [0.3, 0.4) is 0 Å². The number of nitrogens with zero attached hydrogens (tertiary/aromatic N) is 2. The van der Waals surface area contributed by atoms with E-state index in [0.717, 1.165) is 20.4 Å². The van der Waals surface area contributed by atoms with Crippen LogP contribution in [0, 0.1) is 5.41 Å². The third-order valence-electron chi connectivity index (χ3n) is 5.33. The summed E-state index contributed by atoms with van der Waals surface area (Å²) in [7, 11) is 1.76. The number of hydrogen-bond donors (Lipinski definition) is 3. The van der Waals surface area contributed by atoms with Crippen LogP contribution in [0.25, 0.3) is 10.4 Å². The molecule has 0 aliphatic heterocycles. The quantitative estimate of drug-likeness (QED) is 0.318. The number of amides is 1. The monoisotopic (exact) mass is 512 g/mol. The second-order valence-electron chi connectivity index (χ2n) is 9.20. The predicted octanol–water partition coefficient (Wildman–Crippen LogP) is 5.27. The summed E-state index contributed by atoms with van der Waals surface area (Å²) in [6.45, 7) is 7.28. The number of anilines is 1. The first-order valence-electron chi connectivity index (χ1n) is 11.5. The number of aliphatic hydroxyl groups excluding tert-OH is 1. The minimum absolute atomic E-state index is 0.268. The van der Waals surface area contributed by atoms with Gasteiger partial charge in [0, 0.05) is 23.7 Å².